The number of para-hydroxylation sites is 1. The van der Waals surface area contributed by atoms with E-state index in [2.05, 4.69) is 21.2 Å². The first-order valence-corrected chi connectivity index (χ1v) is 10.5. The van der Waals surface area contributed by atoms with Gasteiger partial charge < -0.3 is 15.0 Å². The van der Waals surface area contributed by atoms with Crippen LogP contribution in [0.4, 0.5) is 5.69 Å². The molecule has 0 saturated heterocycles. The molecule has 1 aliphatic rings. The highest BCUT2D eigenvalue weighted by Gasteiger charge is 2.35. The first kappa shape index (κ1) is 20.2. The number of benzene rings is 3. The second-order valence-electron chi connectivity index (χ2n) is 6.96. The Balaban J connectivity index is 1.88. The molecule has 1 N–H and O–H groups in total. The van der Waals surface area contributed by atoms with Crippen molar-refractivity contribution in [3.8, 4) is 5.75 Å². The Kier molecular flexibility index (Phi) is 5.86. The Bertz CT molecular complexity index is 1080. The molecule has 152 valence electrons. The lowest BCUT2D eigenvalue weighted by Gasteiger charge is -2.31. The minimum Gasteiger partial charge on any atom is -0.493 e. The van der Waals surface area contributed by atoms with Gasteiger partial charge in [-0.1, -0.05) is 58.4 Å². The van der Waals surface area contributed by atoms with E-state index in [0.717, 1.165) is 15.6 Å². The summed E-state index contributed by atoms with van der Waals surface area (Å²) in [5.41, 5.74) is 2.91. The molecule has 1 aliphatic heterocycles. The Morgan fingerprint density at radius 2 is 1.83 bits per heavy atom. The van der Waals surface area contributed by atoms with E-state index in [1.807, 2.05) is 61.5 Å². The van der Waals surface area contributed by atoms with E-state index >= 15 is 0 Å². The number of carbonyl (C=O) groups is 2. The van der Waals surface area contributed by atoms with Crippen LogP contribution in [0.25, 0.3) is 0 Å². The molecule has 0 unspecified atom stereocenters. The Hall–Kier alpha value is -3.12. The molecule has 0 aliphatic carbocycles. The van der Waals surface area contributed by atoms with Gasteiger partial charge in [0.2, 0.25) is 5.91 Å². The predicted octanol–water partition coefficient (Wildman–Crippen LogP) is 5.03. The maximum atomic E-state index is 13.7. The molecule has 30 heavy (non-hydrogen) atoms. The smallest absolute Gasteiger partial charge is 0.258 e. The molecule has 0 aromatic heterocycles. The van der Waals surface area contributed by atoms with Crippen LogP contribution in [-0.2, 0) is 4.79 Å². The van der Waals surface area contributed by atoms with Crippen LogP contribution in [0, 0.1) is 0 Å². The molecule has 0 saturated carbocycles. The number of halogens is 1. The maximum Gasteiger partial charge on any atom is 0.258 e. The molecule has 0 spiro atoms. The van der Waals surface area contributed by atoms with Gasteiger partial charge in [-0.3, -0.25) is 9.59 Å². The van der Waals surface area contributed by atoms with Crippen molar-refractivity contribution in [2.75, 3.05) is 18.5 Å². The SMILES string of the molecule is CCOc1ccccc1C(=O)N1CC(=O)Nc2ccc(Br)cc2[C@H]1c1ccccc1. The van der Waals surface area contributed by atoms with Crippen molar-refractivity contribution >= 4 is 33.4 Å². The van der Waals surface area contributed by atoms with Crippen molar-refractivity contribution < 1.29 is 14.3 Å². The van der Waals surface area contributed by atoms with E-state index in [0.29, 0.717) is 23.6 Å². The number of nitrogens with zero attached hydrogens (tertiary/aromatic N) is 1. The minimum atomic E-state index is -0.431. The number of carbonyl (C=O) groups excluding carboxylic acids is 2. The van der Waals surface area contributed by atoms with Crippen LogP contribution in [0.5, 0.6) is 5.75 Å². The molecule has 3 aromatic carbocycles. The first-order valence-electron chi connectivity index (χ1n) is 9.75. The Morgan fingerprint density at radius 1 is 1.10 bits per heavy atom. The van der Waals surface area contributed by atoms with Crippen LogP contribution in [0.1, 0.15) is 34.5 Å². The van der Waals surface area contributed by atoms with Crippen LogP contribution >= 0.6 is 15.9 Å². The van der Waals surface area contributed by atoms with E-state index in [4.69, 9.17) is 4.74 Å². The number of rotatable bonds is 4. The summed E-state index contributed by atoms with van der Waals surface area (Å²) in [6, 6.07) is 22.1. The van der Waals surface area contributed by atoms with Crippen LogP contribution in [0.2, 0.25) is 0 Å². The van der Waals surface area contributed by atoms with Crippen molar-refractivity contribution in [3.63, 3.8) is 0 Å². The molecule has 1 heterocycles. The third-order valence-corrected chi connectivity index (χ3v) is 5.49. The lowest BCUT2D eigenvalue weighted by atomic mass is 9.95. The van der Waals surface area contributed by atoms with Crippen LogP contribution in [0.15, 0.2) is 77.3 Å². The molecule has 4 rings (SSSR count). The topological polar surface area (TPSA) is 58.6 Å². The molecule has 0 fully saturated rings. The second kappa shape index (κ2) is 8.71. The van der Waals surface area contributed by atoms with Crippen molar-refractivity contribution in [2.45, 2.75) is 13.0 Å². The van der Waals surface area contributed by atoms with Gasteiger partial charge in [-0.05, 0) is 42.8 Å². The van der Waals surface area contributed by atoms with Crippen molar-refractivity contribution in [1.82, 2.24) is 4.90 Å². The zero-order valence-corrected chi connectivity index (χ0v) is 18.1. The fourth-order valence-electron chi connectivity index (χ4n) is 3.74. The Morgan fingerprint density at radius 3 is 2.60 bits per heavy atom. The van der Waals surface area contributed by atoms with Crippen molar-refractivity contribution in [2.24, 2.45) is 0 Å². The highest BCUT2D eigenvalue weighted by atomic mass is 79.9. The van der Waals surface area contributed by atoms with Crippen LogP contribution in [-0.4, -0.2) is 29.9 Å². The average Bonchev–Trinajstić information content (AvgIpc) is 2.90. The van der Waals surface area contributed by atoms with Crippen molar-refractivity contribution in [1.29, 1.82) is 0 Å². The van der Waals surface area contributed by atoms with Gasteiger partial charge in [0, 0.05) is 15.7 Å². The van der Waals surface area contributed by atoms with E-state index in [1.165, 1.54) is 0 Å². The third kappa shape index (κ3) is 3.96. The fraction of sp³-hybridized carbons (Fsp3) is 0.167. The van der Waals surface area contributed by atoms with Gasteiger partial charge in [0.15, 0.2) is 0 Å². The number of ether oxygens (including phenoxy) is 1. The molecule has 0 radical (unpaired) electrons. The van der Waals surface area contributed by atoms with Crippen molar-refractivity contribution in [3.05, 3.63) is 94.0 Å². The zero-order chi connectivity index (χ0) is 21.1. The molecule has 3 aromatic rings. The summed E-state index contributed by atoms with van der Waals surface area (Å²) < 4.78 is 6.56. The second-order valence-corrected chi connectivity index (χ2v) is 7.87. The predicted molar refractivity (Wildman–Crippen MR) is 120 cm³/mol. The van der Waals surface area contributed by atoms with Gasteiger partial charge >= 0.3 is 0 Å². The fourth-order valence-corrected chi connectivity index (χ4v) is 4.12. The largest absolute Gasteiger partial charge is 0.493 e. The lowest BCUT2D eigenvalue weighted by Crippen LogP contribution is -2.39. The highest BCUT2D eigenvalue weighted by Crippen LogP contribution is 2.38. The molecular weight excluding hydrogens is 444 g/mol. The Labute approximate surface area is 183 Å². The maximum absolute atomic E-state index is 13.7. The van der Waals surface area contributed by atoms with E-state index in [1.54, 1.807) is 23.1 Å². The van der Waals surface area contributed by atoms with Crippen LogP contribution < -0.4 is 10.1 Å². The quantitative estimate of drug-likeness (QED) is 0.588. The first-order chi connectivity index (χ1) is 14.6. The van der Waals surface area contributed by atoms with E-state index in [-0.39, 0.29) is 18.4 Å². The average molecular weight is 465 g/mol. The van der Waals surface area contributed by atoms with Gasteiger partial charge in [-0.2, -0.15) is 0 Å². The molecule has 2 amide bonds. The van der Waals surface area contributed by atoms with Gasteiger partial charge in [-0.25, -0.2) is 0 Å². The number of amides is 2. The van der Waals surface area contributed by atoms with Gasteiger partial charge in [0.05, 0.1) is 18.2 Å². The number of hydrogen-bond acceptors (Lipinski definition) is 3. The number of hydrogen-bond donors (Lipinski definition) is 1. The summed E-state index contributed by atoms with van der Waals surface area (Å²) in [7, 11) is 0. The number of fused-ring (bicyclic) bond motifs is 1. The summed E-state index contributed by atoms with van der Waals surface area (Å²) in [4.78, 5) is 28.1. The molecule has 6 heteroatoms. The molecular formula is C24H21BrN2O3. The number of nitrogens with one attached hydrogen (secondary N) is 1. The molecule has 5 nitrogen and oxygen atoms in total. The summed E-state index contributed by atoms with van der Waals surface area (Å²) in [6.07, 6.45) is 0. The summed E-state index contributed by atoms with van der Waals surface area (Å²) in [5.74, 6) is 0.0195. The van der Waals surface area contributed by atoms with E-state index < -0.39 is 6.04 Å². The highest BCUT2D eigenvalue weighted by molar-refractivity contribution is 9.10. The summed E-state index contributed by atoms with van der Waals surface area (Å²) in [6.45, 7) is 2.26. The molecule has 1 atom stereocenters. The van der Waals surface area contributed by atoms with Gasteiger partial charge in [0.1, 0.15) is 12.3 Å². The third-order valence-electron chi connectivity index (χ3n) is 5.00. The monoisotopic (exact) mass is 464 g/mol. The molecule has 0 bridgehead atoms. The normalized spacial score (nSPS) is 15.7. The standard InChI is InChI=1S/C24H21BrN2O3/c1-2-30-21-11-7-6-10-18(21)24(29)27-15-22(28)26-20-13-12-17(25)14-19(20)23(27)16-8-4-3-5-9-16/h3-14,23H,2,15H2,1H3,(H,26,28)/t23-/m1/s1. The summed E-state index contributed by atoms with van der Waals surface area (Å²) >= 11 is 3.53. The minimum absolute atomic E-state index is 0.0643. The van der Waals surface area contributed by atoms with Crippen LogP contribution in [0.3, 0.4) is 0 Å². The zero-order valence-electron chi connectivity index (χ0n) is 16.5. The van der Waals surface area contributed by atoms with E-state index in [9.17, 15) is 9.59 Å². The van der Waals surface area contributed by atoms with Gasteiger partial charge in [0.25, 0.3) is 5.91 Å². The summed E-state index contributed by atoms with van der Waals surface area (Å²) in [5, 5.41) is 2.94. The number of anilines is 1. The van der Waals surface area contributed by atoms with Gasteiger partial charge in [-0.15, -0.1) is 0 Å². The lowest BCUT2D eigenvalue weighted by molar-refractivity contribution is -0.117.